The number of carboxylic acids is 1. The topological polar surface area (TPSA) is 59.3 Å². The third-order valence-electron chi connectivity index (χ3n) is 2.32. The molecule has 15 heavy (non-hydrogen) atoms. The molecule has 5 heteroatoms. The Bertz CT molecular complexity index is 569. The zero-order valence-electron chi connectivity index (χ0n) is 8.01. The molecule has 0 aromatic carbocycles. The molecular formula is C10H9NO3S. The Labute approximate surface area is 89.4 Å². The van der Waals surface area contributed by atoms with Crippen LogP contribution in [0.15, 0.2) is 28.5 Å². The minimum atomic E-state index is -1.01. The normalized spacial score (nSPS) is 12.9. The molecule has 2 rings (SSSR count). The van der Waals surface area contributed by atoms with Crippen LogP contribution in [0.4, 0.5) is 0 Å². The van der Waals surface area contributed by atoms with Crippen molar-refractivity contribution in [1.82, 2.24) is 4.57 Å². The fourth-order valence-electron chi connectivity index (χ4n) is 1.41. The van der Waals surface area contributed by atoms with Crippen LogP contribution in [0.1, 0.15) is 13.0 Å². The third-order valence-corrected chi connectivity index (χ3v) is 3.20. The predicted molar refractivity (Wildman–Crippen MR) is 58.4 cm³/mol. The van der Waals surface area contributed by atoms with Crippen molar-refractivity contribution >= 4 is 27.4 Å². The highest BCUT2D eigenvalue weighted by Gasteiger charge is 2.15. The van der Waals surface area contributed by atoms with E-state index in [9.17, 15) is 9.59 Å². The van der Waals surface area contributed by atoms with Gasteiger partial charge in [0, 0.05) is 10.9 Å². The van der Waals surface area contributed by atoms with Gasteiger partial charge in [0.25, 0.3) is 5.56 Å². The van der Waals surface area contributed by atoms with E-state index in [-0.39, 0.29) is 5.56 Å². The summed E-state index contributed by atoms with van der Waals surface area (Å²) in [5.74, 6) is -1.01. The summed E-state index contributed by atoms with van der Waals surface area (Å²) in [6.07, 6.45) is 1.53. The highest BCUT2D eigenvalue weighted by atomic mass is 32.1. The predicted octanol–water partition coefficient (Wildman–Crippen LogP) is 1.71. The number of carbonyl (C=O) groups is 1. The lowest BCUT2D eigenvalue weighted by Crippen LogP contribution is -2.27. The van der Waals surface area contributed by atoms with Crippen LogP contribution >= 0.6 is 11.3 Å². The quantitative estimate of drug-likeness (QED) is 0.843. The molecule has 78 valence electrons. The molecule has 2 heterocycles. The molecule has 0 radical (unpaired) electrons. The maximum Gasteiger partial charge on any atom is 0.326 e. The molecule has 0 aliphatic heterocycles. The minimum absolute atomic E-state index is 0.247. The van der Waals surface area contributed by atoms with Crippen molar-refractivity contribution in [2.45, 2.75) is 13.0 Å². The number of pyridine rings is 1. The monoisotopic (exact) mass is 223 g/mol. The van der Waals surface area contributed by atoms with Gasteiger partial charge in [-0.3, -0.25) is 4.79 Å². The molecule has 0 aliphatic rings. The number of hydrogen-bond donors (Lipinski definition) is 1. The molecule has 0 fully saturated rings. The maximum atomic E-state index is 11.8. The second-order valence-corrected chi connectivity index (χ2v) is 4.19. The third kappa shape index (κ3) is 1.55. The average Bonchev–Trinajstić information content (AvgIpc) is 2.66. The van der Waals surface area contributed by atoms with Gasteiger partial charge in [-0.1, -0.05) is 0 Å². The average molecular weight is 223 g/mol. The van der Waals surface area contributed by atoms with Crippen LogP contribution in [0, 0.1) is 0 Å². The number of aliphatic carboxylic acids is 1. The molecule has 1 N–H and O–H groups in total. The first-order valence-corrected chi connectivity index (χ1v) is 5.30. The Morgan fingerprint density at radius 2 is 2.27 bits per heavy atom. The summed E-state index contributed by atoms with van der Waals surface area (Å²) in [6.45, 7) is 1.49. The van der Waals surface area contributed by atoms with Crippen LogP contribution in [0.5, 0.6) is 0 Å². The second kappa shape index (κ2) is 3.51. The van der Waals surface area contributed by atoms with Crippen molar-refractivity contribution in [3.05, 3.63) is 34.1 Å². The van der Waals surface area contributed by atoms with Crippen molar-refractivity contribution in [2.24, 2.45) is 0 Å². The van der Waals surface area contributed by atoms with Gasteiger partial charge in [-0.25, -0.2) is 4.79 Å². The summed E-state index contributed by atoms with van der Waals surface area (Å²) >= 11 is 1.47. The first-order chi connectivity index (χ1) is 7.11. The van der Waals surface area contributed by atoms with Gasteiger partial charge in [-0.15, -0.1) is 11.3 Å². The minimum Gasteiger partial charge on any atom is -0.480 e. The van der Waals surface area contributed by atoms with Crippen molar-refractivity contribution in [2.75, 3.05) is 0 Å². The summed E-state index contributed by atoms with van der Waals surface area (Å²) in [5, 5.41) is 11.2. The number of thiophene rings is 1. The van der Waals surface area contributed by atoms with Crippen LogP contribution in [0.25, 0.3) is 10.1 Å². The molecule has 0 saturated carbocycles. The molecule has 4 nitrogen and oxygen atoms in total. The lowest BCUT2D eigenvalue weighted by molar-refractivity contribution is -0.140. The fourth-order valence-corrected chi connectivity index (χ4v) is 2.18. The van der Waals surface area contributed by atoms with Gasteiger partial charge in [0.15, 0.2) is 0 Å². The van der Waals surface area contributed by atoms with Crippen LogP contribution in [-0.2, 0) is 4.79 Å². The Hall–Kier alpha value is -1.62. The van der Waals surface area contributed by atoms with Crippen LogP contribution < -0.4 is 5.56 Å². The molecule has 2 aromatic rings. The second-order valence-electron chi connectivity index (χ2n) is 3.24. The van der Waals surface area contributed by atoms with Crippen molar-refractivity contribution in [1.29, 1.82) is 0 Å². The van der Waals surface area contributed by atoms with Crippen molar-refractivity contribution in [3.63, 3.8) is 0 Å². The van der Waals surface area contributed by atoms with E-state index in [1.54, 1.807) is 12.1 Å². The summed E-state index contributed by atoms with van der Waals surface area (Å²) in [6, 6.07) is 2.65. The van der Waals surface area contributed by atoms with E-state index < -0.39 is 12.0 Å². The number of rotatable bonds is 2. The molecular weight excluding hydrogens is 214 g/mol. The SMILES string of the molecule is C[C@H](C(=O)O)n1ccc2sccc2c1=O. The highest BCUT2D eigenvalue weighted by molar-refractivity contribution is 7.17. The Kier molecular flexibility index (Phi) is 2.32. The van der Waals surface area contributed by atoms with Crippen LogP contribution in [0.3, 0.4) is 0 Å². The molecule has 0 aliphatic carbocycles. The molecule has 0 bridgehead atoms. The summed E-state index contributed by atoms with van der Waals surface area (Å²) < 4.78 is 2.12. The van der Waals surface area contributed by atoms with Gasteiger partial charge in [0.1, 0.15) is 6.04 Å². The number of fused-ring (bicyclic) bond motifs is 1. The number of aromatic nitrogens is 1. The largest absolute Gasteiger partial charge is 0.480 e. The number of nitrogens with zero attached hydrogens (tertiary/aromatic N) is 1. The van der Waals surface area contributed by atoms with Gasteiger partial charge >= 0.3 is 5.97 Å². The number of carboxylic acid groups (broad SMARTS) is 1. The lowest BCUT2D eigenvalue weighted by atomic mass is 10.3. The van der Waals surface area contributed by atoms with E-state index >= 15 is 0 Å². The first kappa shape index (κ1) is 9.92. The number of hydrogen-bond acceptors (Lipinski definition) is 3. The van der Waals surface area contributed by atoms with E-state index in [4.69, 9.17) is 5.11 Å². The summed E-state index contributed by atoms with van der Waals surface area (Å²) in [7, 11) is 0. The molecule has 0 amide bonds. The molecule has 0 spiro atoms. The Morgan fingerprint density at radius 3 is 2.93 bits per heavy atom. The van der Waals surface area contributed by atoms with Crippen LogP contribution in [0.2, 0.25) is 0 Å². The molecule has 2 aromatic heterocycles. The van der Waals surface area contributed by atoms with E-state index in [0.717, 1.165) is 4.70 Å². The van der Waals surface area contributed by atoms with Gasteiger partial charge in [-0.2, -0.15) is 0 Å². The molecule has 1 atom stereocenters. The summed E-state index contributed by atoms with van der Waals surface area (Å²) in [4.78, 5) is 22.6. The Balaban J connectivity index is 2.67. The Morgan fingerprint density at radius 1 is 1.53 bits per heavy atom. The smallest absolute Gasteiger partial charge is 0.326 e. The van der Waals surface area contributed by atoms with Crippen molar-refractivity contribution in [3.8, 4) is 0 Å². The molecule has 0 saturated heterocycles. The van der Waals surface area contributed by atoms with Gasteiger partial charge < -0.3 is 9.67 Å². The zero-order valence-corrected chi connectivity index (χ0v) is 8.82. The first-order valence-electron chi connectivity index (χ1n) is 4.42. The van der Waals surface area contributed by atoms with E-state index in [0.29, 0.717) is 5.39 Å². The lowest BCUT2D eigenvalue weighted by Gasteiger charge is -2.09. The van der Waals surface area contributed by atoms with E-state index in [1.165, 1.54) is 29.0 Å². The van der Waals surface area contributed by atoms with Gasteiger partial charge in [-0.05, 0) is 24.4 Å². The zero-order chi connectivity index (χ0) is 11.0. The standard InChI is InChI=1S/C10H9NO3S/c1-6(10(13)14)11-4-2-8-7(9(11)12)3-5-15-8/h2-6H,1H3,(H,13,14)/t6-/m1/s1. The van der Waals surface area contributed by atoms with E-state index in [2.05, 4.69) is 0 Å². The molecule has 0 unspecified atom stereocenters. The highest BCUT2D eigenvalue weighted by Crippen LogP contribution is 2.17. The van der Waals surface area contributed by atoms with Gasteiger partial charge in [0.2, 0.25) is 0 Å². The van der Waals surface area contributed by atoms with Crippen LogP contribution in [-0.4, -0.2) is 15.6 Å². The van der Waals surface area contributed by atoms with Gasteiger partial charge in [0.05, 0.1) is 5.39 Å². The fraction of sp³-hybridized carbons (Fsp3) is 0.200. The maximum absolute atomic E-state index is 11.8. The summed E-state index contributed by atoms with van der Waals surface area (Å²) in [5.41, 5.74) is -0.247. The van der Waals surface area contributed by atoms with Crippen molar-refractivity contribution < 1.29 is 9.90 Å². The van der Waals surface area contributed by atoms with E-state index in [1.807, 2.05) is 5.38 Å².